The first-order valence-electron chi connectivity index (χ1n) is 6.21. The van der Waals surface area contributed by atoms with Crippen molar-refractivity contribution >= 4 is 11.8 Å². The summed E-state index contributed by atoms with van der Waals surface area (Å²) in [4.78, 5) is 26.1. The van der Waals surface area contributed by atoms with E-state index < -0.39 is 5.54 Å². The summed E-state index contributed by atoms with van der Waals surface area (Å²) in [5.41, 5.74) is -0.774. The number of allylic oxidation sites excluding steroid dienone is 1. The Kier molecular flexibility index (Phi) is 2.98. The number of piperazine rings is 1. The Morgan fingerprint density at radius 1 is 1.41 bits per heavy atom. The zero-order valence-corrected chi connectivity index (χ0v) is 10.7. The Morgan fingerprint density at radius 3 is 2.59 bits per heavy atom. The average molecular weight is 236 g/mol. The lowest BCUT2D eigenvalue weighted by Gasteiger charge is -2.42. The molecule has 0 aromatic rings. The average Bonchev–Trinajstić information content (AvgIpc) is 3.04. The van der Waals surface area contributed by atoms with E-state index in [2.05, 4.69) is 5.32 Å². The van der Waals surface area contributed by atoms with E-state index in [0.717, 1.165) is 12.8 Å². The van der Waals surface area contributed by atoms with Crippen LogP contribution in [0.2, 0.25) is 0 Å². The van der Waals surface area contributed by atoms with Gasteiger partial charge in [-0.1, -0.05) is 12.2 Å². The summed E-state index contributed by atoms with van der Waals surface area (Å²) in [6.45, 7) is 5.98. The topological polar surface area (TPSA) is 49.4 Å². The second-order valence-corrected chi connectivity index (χ2v) is 5.42. The van der Waals surface area contributed by atoms with Gasteiger partial charge in [0.2, 0.25) is 11.8 Å². The maximum Gasteiger partial charge on any atom is 0.248 e. The lowest BCUT2D eigenvalue weighted by molar-refractivity contribution is -0.153. The van der Waals surface area contributed by atoms with Crippen molar-refractivity contribution < 1.29 is 9.59 Å². The van der Waals surface area contributed by atoms with Crippen LogP contribution in [-0.2, 0) is 9.59 Å². The number of amides is 2. The van der Waals surface area contributed by atoms with Crippen molar-refractivity contribution in [3.63, 3.8) is 0 Å². The fourth-order valence-electron chi connectivity index (χ4n) is 2.36. The predicted octanol–water partition coefficient (Wildman–Crippen LogP) is 1.08. The predicted molar refractivity (Wildman–Crippen MR) is 65.3 cm³/mol. The minimum atomic E-state index is -0.774. The molecule has 1 N–H and O–H groups in total. The van der Waals surface area contributed by atoms with Crippen LogP contribution in [0.1, 0.15) is 33.6 Å². The van der Waals surface area contributed by atoms with Crippen LogP contribution in [0.25, 0.3) is 0 Å². The molecule has 1 unspecified atom stereocenters. The summed E-state index contributed by atoms with van der Waals surface area (Å²) in [5.74, 6) is 0.383. The van der Waals surface area contributed by atoms with E-state index in [1.807, 2.05) is 19.1 Å². The standard InChI is InChI=1S/C13H20N2O2/c1-4-5-8-15-10(9-6-7-9)11(16)14-13(2,3)12(15)17/h4-5,9-10H,6-8H2,1-3H3,(H,14,16)/b5-4+. The highest BCUT2D eigenvalue weighted by Gasteiger charge is 2.50. The van der Waals surface area contributed by atoms with Crippen LogP contribution in [0.3, 0.4) is 0 Å². The van der Waals surface area contributed by atoms with Crippen molar-refractivity contribution in [2.45, 2.75) is 45.2 Å². The third-order valence-electron chi connectivity index (χ3n) is 3.44. The summed E-state index contributed by atoms with van der Waals surface area (Å²) in [7, 11) is 0. The number of carbonyl (C=O) groups excluding carboxylic acids is 2. The molecule has 2 aliphatic rings. The van der Waals surface area contributed by atoms with Crippen molar-refractivity contribution in [1.29, 1.82) is 0 Å². The molecule has 0 aromatic carbocycles. The van der Waals surface area contributed by atoms with Gasteiger partial charge in [0.1, 0.15) is 11.6 Å². The number of nitrogens with one attached hydrogen (secondary N) is 1. The van der Waals surface area contributed by atoms with Gasteiger partial charge in [-0.25, -0.2) is 0 Å². The molecule has 1 saturated carbocycles. The van der Waals surface area contributed by atoms with Crippen LogP contribution in [0.4, 0.5) is 0 Å². The first-order chi connectivity index (χ1) is 7.97. The van der Waals surface area contributed by atoms with Gasteiger partial charge >= 0.3 is 0 Å². The molecule has 1 heterocycles. The summed E-state index contributed by atoms with van der Waals surface area (Å²) in [6.07, 6.45) is 5.95. The quantitative estimate of drug-likeness (QED) is 0.745. The molecule has 1 aliphatic carbocycles. The molecule has 94 valence electrons. The lowest BCUT2D eigenvalue weighted by Crippen LogP contribution is -2.68. The molecule has 1 saturated heterocycles. The molecule has 1 aliphatic heterocycles. The highest BCUT2D eigenvalue weighted by Crippen LogP contribution is 2.38. The van der Waals surface area contributed by atoms with Crippen LogP contribution in [0, 0.1) is 5.92 Å². The van der Waals surface area contributed by atoms with Crippen LogP contribution < -0.4 is 5.32 Å². The first kappa shape index (κ1) is 12.1. The Hall–Kier alpha value is -1.32. The van der Waals surface area contributed by atoms with Gasteiger partial charge in [-0.3, -0.25) is 9.59 Å². The number of hydrogen-bond acceptors (Lipinski definition) is 2. The van der Waals surface area contributed by atoms with Gasteiger partial charge in [-0.15, -0.1) is 0 Å². The Morgan fingerprint density at radius 2 is 2.06 bits per heavy atom. The van der Waals surface area contributed by atoms with Crippen molar-refractivity contribution in [3.05, 3.63) is 12.2 Å². The number of carbonyl (C=O) groups is 2. The minimum absolute atomic E-state index is 0.00148. The molecule has 2 fully saturated rings. The largest absolute Gasteiger partial charge is 0.340 e. The third kappa shape index (κ3) is 2.21. The van der Waals surface area contributed by atoms with Gasteiger partial charge in [0, 0.05) is 6.54 Å². The highest BCUT2D eigenvalue weighted by molar-refractivity contribution is 5.99. The Balaban J connectivity index is 2.24. The normalized spacial score (nSPS) is 28.6. The molecule has 2 rings (SSSR count). The second kappa shape index (κ2) is 4.17. The molecule has 17 heavy (non-hydrogen) atoms. The molecule has 4 heteroatoms. The van der Waals surface area contributed by atoms with Gasteiger partial charge in [-0.2, -0.15) is 0 Å². The molecular weight excluding hydrogens is 216 g/mol. The van der Waals surface area contributed by atoms with Crippen molar-refractivity contribution in [3.8, 4) is 0 Å². The third-order valence-corrected chi connectivity index (χ3v) is 3.44. The number of rotatable bonds is 3. The van der Waals surface area contributed by atoms with Gasteiger partial charge in [0.25, 0.3) is 0 Å². The summed E-state index contributed by atoms with van der Waals surface area (Å²) < 4.78 is 0. The van der Waals surface area contributed by atoms with Crippen LogP contribution in [0.15, 0.2) is 12.2 Å². The van der Waals surface area contributed by atoms with Crippen molar-refractivity contribution in [1.82, 2.24) is 10.2 Å². The zero-order chi connectivity index (χ0) is 12.6. The van der Waals surface area contributed by atoms with Crippen LogP contribution >= 0.6 is 0 Å². The van der Waals surface area contributed by atoms with E-state index in [9.17, 15) is 9.59 Å². The van der Waals surface area contributed by atoms with E-state index in [1.54, 1.807) is 18.7 Å². The van der Waals surface area contributed by atoms with Gasteiger partial charge in [0.15, 0.2) is 0 Å². The molecule has 0 aromatic heterocycles. The molecule has 1 atom stereocenters. The smallest absolute Gasteiger partial charge is 0.248 e. The van der Waals surface area contributed by atoms with Crippen molar-refractivity contribution in [2.75, 3.05) is 6.54 Å². The van der Waals surface area contributed by atoms with Crippen LogP contribution in [0.5, 0.6) is 0 Å². The van der Waals surface area contributed by atoms with Gasteiger partial charge in [-0.05, 0) is 39.5 Å². The maximum absolute atomic E-state index is 12.3. The highest BCUT2D eigenvalue weighted by atomic mass is 16.2. The van der Waals surface area contributed by atoms with Crippen LogP contribution in [-0.4, -0.2) is 34.8 Å². The van der Waals surface area contributed by atoms with Gasteiger partial charge < -0.3 is 10.2 Å². The monoisotopic (exact) mass is 236 g/mol. The molecule has 4 nitrogen and oxygen atoms in total. The van der Waals surface area contributed by atoms with E-state index >= 15 is 0 Å². The van der Waals surface area contributed by atoms with Gasteiger partial charge in [0.05, 0.1) is 0 Å². The zero-order valence-electron chi connectivity index (χ0n) is 10.7. The SMILES string of the molecule is C/C=C/CN1C(=O)C(C)(C)NC(=O)C1C1CC1. The minimum Gasteiger partial charge on any atom is -0.340 e. The second-order valence-electron chi connectivity index (χ2n) is 5.42. The summed E-state index contributed by atoms with van der Waals surface area (Å²) in [6, 6.07) is -0.258. The molecule has 0 spiro atoms. The molecular formula is C13H20N2O2. The number of hydrogen-bond donors (Lipinski definition) is 1. The summed E-state index contributed by atoms with van der Waals surface area (Å²) in [5, 5.41) is 2.83. The summed E-state index contributed by atoms with van der Waals surface area (Å²) >= 11 is 0. The maximum atomic E-state index is 12.3. The van der Waals surface area contributed by atoms with E-state index in [0.29, 0.717) is 12.5 Å². The van der Waals surface area contributed by atoms with E-state index in [-0.39, 0.29) is 17.9 Å². The molecule has 0 radical (unpaired) electrons. The Labute approximate surface area is 102 Å². The fourth-order valence-corrected chi connectivity index (χ4v) is 2.36. The first-order valence-corrected chi connectivity index (χ1v) is 6.21. The molecule has 0 bridgehead atoms. The Bertz CT molecular complexity index is 370. The fraction of sp³-hybridized carbons (Fsp3) is 0.692. The molecule has 2 amide bonds. The number of nitrogens with zero attached hydrogens (tertiary/aromatic N) is 1. The van der Waals surface area contributed by atoms with E-state index in [4.69, 9.17) is 0 Å². The van der Waals surface area contributed by atoms with Crippen molar-refractivity contribution in [2.24, 2.45) is 5.92 Å². The van der Waals surface area contributed by atoms with E-state index in [1.165, 1.54) is 0 Å². The lowest BCUT2D eigenvalue weighted by atomic mass is 9.95.